The molecule has 0 N–H and O–H groups in total. The molecule has 0 aliphatic carbocycles. The molecule has 0 heterocycles. The lowest BCUT2D eigenvalue weighted by molar-refractivity contribution is -0.167. The molecule has 0 amide bonds. The molecule has 0 radical (unpaired) electrons. The van der Waals surface area contributed by atoms with Crippen molar-refractivity contribution in [3.63, 3.8) is 0 Å². The van der Waals surface area contributed by atoms with Crippen LogP contribution in [-0.4, -0.2) is 37.2 Å². The highest BCUT2D eigenvalue weighted by Gasteiger charge is 2.19. The van der Waals surface area contributed by atoms with E-state index < -0.39 is 6.10 Å². The number of unbranched alkanes of at least 4 members (excludes halogenated alkanes) is 32. The summed E-state index contributed by atoms with van der Waals surface area (Å²) in [5.74, 6) is 0.777. The Bertz CT molecular complexity index is 900. The molecule has 0 fully saturated rings. The average molecular weight is 835 g/mol. The maximum atomic E-state index is 12.8. The molecule has 0 saturated heterocycles. The Morgan fingerprint density at radius 3 is 0.831 bits per heavy atom. The fourth-order valence-corrected chi connectivity index (χ4v) is 7.99. The van der Waals surface area contributed by atoms with Crippen molar-refractivity contribution in [2.75, 3.05) is 13.2 Å². The van der Waals surface area contributed by atoms with Crippen molar-refractivity contribution in [1.29, 1.82) is 0 Å². The standard InChI is InChI=1S/C53H102O6/c1-6-7-8-9-10-11-12-13-17-21-24-29-35-40-45-53(56)59-50(47-58-52(55)44-39-34-30-25-27-32-37-42-49(4)5)46-57-51(54)43-38-33-28-23-20-18-15-14-16-19-22-26-31-36-41-48(2)3/h48-50H,6-47H2,1-5H3/t50-/m1/s1. The van der Waals surface area contributed by atoms with Crippen molar-refractivity contribution < 1.29 is 28.6 Å². The molecule has 0 aliphatic heterocycles. The predicted octanol–water partition coefficient (Wildman–Crippen LogP) is 16.9. The van der Waals surface area contributed by atoms with E-state index in [-0.39, 0.29) is 31.1 Å². The smallest absolute Gasteiger partial charge is 0.306 e. The Morgan fingerprint density at radius 1 is 0.322 bits per heavy atom. The molecule has 0 rings (SSSR count). The van der Waals surface area contributed by atoms with Crippen LogP contribution < -0.4 is 0 Å². The summed E-state index contributed by atoms with van der Waals surface area (Å²) in [6.07, 6.45) is 46.7. The van der Waals surface area contributed by atoms with E-state index >= 15 is 0 Å². The van der Waals surface area contributed by atoms with Crippen LogP contribution in [-0.2, 0) is 28.6 Å². The Balaban J connectivity index is 4.27. The van der Waals surface area contributed by atoms with E-state index in [2.05, 4.69) is 34.6 Å². The van der Waals surface area contributed by atoms with E-state index in [4.69, 9.17) is 14.2 Å². The van der Waals surface area contributed by atoms with Crippen LogP contribution in [0.3, 0.4) is 0 Å². The van der Waals surface area contributed by atoms with Crippen LogP contribution >= 0.6 is 0 Å². The molecular weight excluding hydrogens is 733 g/mol. The number of hydrogen-bond donors (Lipinski definition) is 0. The van der Waals surface area contributed by atoms with Gasteiger partial charge in [0, 0.05) is 19.3 Å². The summed E-state index contributed by atoms with van der Waals surface area (Å²) >= 11 is 0. The molecule has 6 heteroatoms. The maximum absolute atomic E-state index is 12.8. The zero-order valence-corrected chi connectivity index (χ0v) is 40.4. The van der Waals surface area contributed by atoms with Crippen LogP contribution in [0.25, 0.3) is 0 Å². The van der Waals surface area contributed by atoms with Gasteiger partial charge >= 0.3 is 17.9 Å². The zero-order valence-electron chi connectivity index (χ0n) is 40.4. The van der Waals surface area contributed by atoms with Gasteiger partial charge in [0.2, 0.25) is 0 Å². The van der Waals surface area contributed by atoms with Crippen molar-refractivity contribution >= 4 is 17.9 Å². The minimum Gasteiger partial charge on any atom is -0.462 e. The lowest BCUT2D eigenvalue weighted by atomic mass is 10.0. The molecule has 1 atom stereocenters. The summed E-state index contributed by atoms with van der Waals surface area (Å²) in [6.45, 7) is 11.3. The van der Waals surface area contributed by atoms with Gasteiger partial charge in [-0.3, -0.25) is 14.4 Å². The van der Waals surface area contributed by atoms with Crippen LogP contribution in [0, 0.1) is 11.8 Å². The average Bonchev–Trinajstić information content (AvgIpc) is 3.20. The van der Waals surface area contributed by atoms with Gasteiger partial charge in [-0.25, -0.2) is 0 Å². The predicted molar refractivity (Wildman–Crippen MR) is 252 cm³/mol. The van der Waals surface area contributed by atoms with Gasteiger partial charge in [-0.05, 0) is 31.1 Å². The molecule has 0 aromatic heterocycles. The highest BCUT2D eigenvalue weighted by Crippen LogP contribution is 2.17. The van der Waals surface area contributed by atoms with Gasteiger partial charge in [0.15, 0.2) is 6.10 Å². The summed E-state index contributed by atoms with van der Waals surface area (Å²) in [4.78, 5) is 37.9. The number of ether oxygens (including phenoxy) is 3. The normalized spacial score (nSPS) is 12.1. The van der Waals surface area contributed by atoms with Crippen LogP contribution in [0.15, 0.2) is 0 Å². The zero-order chi connectivity index (χ0) is 43.3. The highest BCUT2D eigenvalue weighted by molar-refractivity contribution is 5.71. The van der Waals surface area contributed by atoms with Crippen molar-refractivity contribution in [2.24, 2.45) is 11.8 Å². The topological polar surface area (TPSA) is 78.9 Å². The Hall–Kier alpha value is -1.59. The number of carbonyl (C=O) groups is 3. The first-order valence-corrected chi connectivity index (χ1v) is 26.2. The van der Waals surface area contributed by atoms with Gasteiger partial charge in [0.05, 0.1) is 0 Å². The first kappa shape index (κ1) is 57.4. The second-order valence-corrected chi connectivity index (χ2v) is 19.1. The van der Waals surface area contributed by atoms with Gasteiger partial charge in [0.1, 0.15) is 13.2 Å². The van der Waals surface area contributed by atoms with Crippen molar-refractivity contribution in [3.05, 3.63) is 0 Å². The fraction of sp³-hybridized carbons (Fsp3) is 0.943. The first-order chi connectivity index (χ1) is 28.7. The molecule has 0 bridgehead atoms. The number of hydrogen-bond acceptors (Lipinski definition) is 6. The van der Waals surface area contributed by atoms with E-state index in [1.54, 1.807) is 0 Å². The molecule has 6 nitrogen and oxygen atoms in total. The molecule has 0 saturated carbocycles. The fourth-order valence-electron chi connectivity index (χ4n) is 7.99. The highest BCUT2D eigenvalue weighted by atomic mass is 16.6. The van der Waals surface area contributed by atoms with Gasteiger partial charge in [-0.15, -0.1) is 0 Å². The number of rotatable bonds is 47. The lowest BCUT2D eigenvalue weighted by Crippen LogP contribution is -2.30. The summed E-state index contributed by atoms with van der Waals surface area (Å²) in [5.41, 5.74) is 0. The van der Waals surface area contributed by atoms with E-state index in [1.807, 2.05) is 0 Å². The van der Waals surface area contributed by atoms with E-state index in [1.165, 1.54) is 180 Å². The third kappa shape index (κ3) is 47.3. The maximum Gasteiger partial charge on any atom is 0.306 e. The Morgan fingerprint density at radius 2 is 0.559 bits per heavy atom. The van der Waals surface area contributed by atoms with Gasteiger partial charge in [0.25, 0.3) is 0 Å². The van der Waals surface area contributed by atoms with Crippen molar-refractivity contribution in [1.82, 2.24) is 0 Å². The summed E-state index contributed by atoms with van der Waals surface area (Å²) in [7, 11) is 0. The lowest BCUT2D eigenvalue weighted by Gasteiger charge is -2.18. The monoisotopic (exact) mass is 835 g/mol. The molecule has 0 unspecified atom stereocenters. The summed E-state index contributed by atoms with van der Waals surface area (Å²) in [6, 6.07) is 0. The Labute approximate surface area is 368 Å². The minimum absolute atomic E-state index is 0.0640. The summed E-state index contributed by atoms with van der Waals surface area (Å²) < 4.78 is 16.8. The molecule has 0 aromatic rings. The first-order valence-electron chi connectivity index (χ1n) is 26.2. The second-order valence-electron chi connectivity index (χ2n) is 19.1. The molecule has 59 heavy (non-hydrogen) atoms. The number of carbonyl (C=O) groups excluding carboxylic acids is 3. The SMILES string of the molecule is CCCCCCCCCCCCCCCCC(=O)O[C@H](COC(=O)CCCCCCCCCCCCCCCCC(C)C)COC(=O)CCCCCCCCCC(C)C. The van der Waals surface area contributed by atoms with Gasteiger partial charge in [-0.2, -0.15) is 0 Å². The third-order valence-electron chi connectivity index (χ3n) is 12.0. The van der Waals surface area contributed by atoms with Crippen LogP contribution in [0.2, 0.25) is 0 Å². The molecule has 0 aliphatic rings. The molecule has 0 aromatic carbocycles. The van der Waals surface area contributed by atoms with Gasteiger partial charge in [-0.1, -0.05) is 253 Å². The molecule has 350 valence electrons. The largest absolute Gasteiger partial charge is 0.462 e. The molecular formula is C53H102O6. The minimum atomic E-state index is -0.761. The molecule has 0 spiro atoms. The van der Waals surface area contributed by atoms with E-state index in [9.17, 15) is 14.4 Å². The van der Waals surface area contributed by atoms with Crippen molar-refractivity contribution in [2.45, 2.75) is 298 Å². The van der Waals surface area contributed by atoms with Crippen LogP contribution in [0.4, 0.5) is 0 Å². The second kappa shape index (κ2) is 45.9. The summed E-state index contributed by atoms with van der Waals surface area (Å²) in [5, 5.41) is 0. The quantitative estimate of drug-likeness (QED) is 0.0345. The van der Waals surface area contributed by atoms with Gasteiger partial charge < -0.3 is 14.2 Å². The van der Waals surface area contributed by atoms with Crippen LogP contribution in [0.5, 0.6) is 0 Å². The van der Waals surface area contributed by atoms with E-state index in [0.717, 1.165) is 69.6 Å². The van der Waals surface area contributed by atoms with E-state index in [0.29, 0.717) is 19.3 Å². The number of esters is 3. The Kier molecular flexibility index (Phi) is 44.7. The van der Waals surface area contributed by atoms with Crippen molar-refractivity contribution in [3.8, 4) is 0 Å². The third-order valence-corrected chi connectivity index (χ3v) is 12.0. The van der Waals surface area contributed by atoms with Crippen LogP contribution in [0.1, 0.15) is 291 Å².